The second kappa shape index (κ2) is 9.63. The molecule has 0 radical (unpaired) electrons. The van der Waals surface area contributed by atoms with E-state index in [4.69, 9.17) is 4.74 Å². The minimum absolute atomic E-state index is 0.00193. The number of benzene rings is 1. The fraction of sp³-hybridized carbons (Fsp3) is 0.632. The van der Waals surface area contributed by atoms with Crippen molar-refractivity contribution in [3.8, 4) is 11.5 Å². The number of carbonyl (C=O) groups excluding carboxylic acids is 1. The van der Waals surface area contributed by atoms with Gasteiger partial charge in [-0.25, -0.2) is 0 Å². The molecule has 6 nitrogen and oxygen atoms in total. The highest BCUT2D eigenvalue weighted by atomic mass is 16.5. The number of carbonyl (C=O) groups is 1. The van der Waals surface area contributed by atoms with Crippen LogP contribution in [0.2, 0.25) is 0 Å². The number of phenolic OH excluding ortho intramolecular Hbond substituents is 1. The summed E-state index contributed by atoms with van der Waals surface area (Å²) in [7, 11) is 2.16. The van der Waals surface area contributed by atoms with Gasteiger partial charge in [-0.2, -0.15) is 0 Å². The van der Waals surface area contributed by atoms with Gasteiger partial charge in [0.25, 0.3) is 5.91 Å². The second-order valence-electron chi connectivity index (χ2n) is 7.12. The van der Waals surface area contributed by atoms with Gasteiger partial charge in [-0.3, -0.25) is 4.79 Å². The molecule has 1 aromatic carbocycles. The minimum atomic E-state index is -0.237. The van der Waals surface area contributed by atoms with Gasteiger partial charge in [0, 0.05) is 13.1 Å². The second-order valence-corrected chi connectivity index (χ2v) is 7.12. The Kier molecular flexibility index (Phi) is 7.52. The lowest BCUT2D eigenvalue weighted by Crippen LogP contribution is -2.31. The van der Waals surface area contributed by atoms with Crippen LogP contribution in [0, 0.1) is 5.92 Å². The fourth-order valence-electron chi connectivity index (χ4n) is 2.91. The van der Waals surface area contributed by atoms with Crippen molar-refractivity contribution in [1.82, 2.24) is 10.2 Å². The van der Waals surface area contributed by atoms with Gasteiger partial charge < -0.3 is 25.4 Å². The maximum Gasteiger partial charge on any atom is 0.262 e. The molecule has 0 saturated carbocycles. The van der Waals surface area contributed by atoms with Crippen molar-refractivity contribution in [2.24, 2.45) is 5.92 Å². The van der Waals surface area contributed by atoms with E-state index >= 15 is 0 Å². The van der Waals surface area contributed by atoms with Gasteiger partial charge in [-0.1, -0.05) is 19.9 Å². The summed E-state index contributed by atoms with van der Waals surface area (Å²) in [5, 5.41) is 16.0. The van der Waals surface area contributed by atoms with Crippen LogP contribution in [0.4, 0.5) is 5.69 Å². The SMILES string of the molecule is CC(C)CCCN(C)CCNCCc1ccc(O)c2c1OCC(=O)N2. The highest BCUT2D eigenvalue weighted by Crippen LogP contribution is 2.39. The van der Waals surface area contributed by atoms with Crippen LogP contribution in [0.25, 0.3) is 0 Å². The molecule has 1 aromatic rings. The minimum Gasteiger partial charge on any atom is -0.506 e. The lowest BCUT2D eigenvalue weighted by atomic mass is 10.1. The molecule has 140 valence electrons. The zero-order valence-corrected chi connectivity index (χ0v) is 15.6. The molecule has 6 heteroatoms. The smallest absolute Gasteiger partial charge is 0.262 e. The van der Waals surface area contributed by atoms with Gasteiger partial charge >= 0.3 is 0 Å². The summed E-state index contributed by atoms with van der Waals surface area (Å²) < 4.78 is 5.50. The zero-order valence-electron chi connectivity index (χ0n) is 15.6. The largest absolute Gasteiger partial charge is 0.506 e. The van der Waals surface area contributed by atoms with Crippen LogP contribution in [0.3, 0.4) is 0 Å². The lowest BCUT2D eigenvalue weighted by Gasteiger charge is -2.22. The Morgan fingerprint density at radius 2 is 2.12 bits per heavy atom. The van der Waals surface area contributed by atoms with Crippen LogP contribution in [0.5, 0.6) is 11.5 Å². The third-order valence-electron chi connectivity index (χ3n) is 4.39. The number of nitrogens with zero attached hydrogens (tertiary/aromatic N) is 1. The van der Waals surface area contributed by atoms with E-state index in [1.807, 2.05) is 6.07 Å². The maximum absolute atomic E-state index is 11.4. The summed E-state index contributed by atoms with van der Waals surface area (Å²) in [6.45, 7) is 8.46. The molecule has 1 aliphatic rings. The molecular weight excluding hydrogens is 318 g/mol. The predicted octanol–water partition coefficient (Wildman–Crippen LogP) is 2.22. The summed E-state index contributed by atoms with van der Waals surface area (Å²) in [6.07, 6.45) is 3.31. The molecule has 0 saturated heterocycles. The summed E-state index contributed by atoms with van der Waals surface area (Å²) in [5.41, 5.74) is 1.38. The van der Waals surface area contributed by atoms with Crippen molar-refractivity contribution in [3.05, 3.63) is 17.7 Å². The number of phenols is 1. The van der Waals surface area contributed by atoms with Crippen molar-refractivity contribution < 1.29 is 14.6 Å². The van der Waals surface area contributed by atoms with E-state index in [1.165, 1.54) is 12.8 Å². The Balaban J connectivity index is 1.70. The number of ether oxygens (including phenoxy) is 1. The quantitative estimate of drug-likeness (QED) is 0.446. The molecule has 1 aliphatic heterocycles. The van der Waals surface area contributed by atoms with Crippen molar-refractivity contribution in [2.45, 2.75) is 33.1 Å². The molecule has 1 heterocycles. The van der Waals surface area contributed by atoms with Crippen molar-refractivity contribution >= 4 is 11.6 Å². The van der Waals surface area contributed by atoms with Gasteiger partial charge in [0.1, 0.15) is 11.4 Å². The molecule has 0 aliphatic carbocycles. The summed E-state index contributed by atoms with van der Waals surface area (Å²) in [5.74, 6) is 1.17. The first-order chi connectivity index (χ1) is 12.0. The molecule has 2 rings (SSSR count). The Morgan fingerprint density at radius 1 is 1.32 bits per heavy atom. The number of likely N-dealkylation sites (N-methyl/N-ethyl adjacent to an activating group) is 1. The van der Waals surface area contributed by atoms with Crippen molar-refractivity contribution in [1.29, 1.82) is 0 Å². The predicted molar refractivity (Wildman–Crippen MR) is 100 cm³/mol. The van der Waals surface area contributed by atoms with Gasteiger partial charge in [-0.05, 0) is 56.9 Å². The molecule has 0 aromatic heterocycles. The van der Waals surface area contributed by atoms with Crippen LogP contribution in [0.15, 0.2) is 12.1 Å². The first kappa shape index (κ1) is 19.5. The lowest BCUT2D eigenvalue weighted by molar-refractivity contribution is -0.118. The molecule has 0 spiro atoms. The monoisotopic (exact) mass is 349 g/mol. The topological polar surface area (TPSA) is 73.8 Å². The third kappa shape index (κ3) is 6.21. The molecule has 3 N–H and O–H groups in total. The van der Waals surface area contributed by atoms with E-state index in [2.05, 4.69) is 36.4 Å². The number of hydrogen-bond donors (Lipinski definition) is 3. The first-order valence-electron chi connectivity index (χ1n) is 9.14. The number of anilines is 1. The van der Waals surface area contributed by atoms with E-state index in [9.17, 15) is 9.90 Å². The zero-order chi connectivity index (χ0) is 18.2. The van der Waals surface area contributed by atoms with E-state index < -0.39 is 0 Å². The van der Waals surface area contributed by atoms with Crippen LogP contribution >= 0.6 is 0 Å². The van der Waals surface area contributed by atoms with Gasteiger partial charge in [0.2, 0.25) is 0 Å². The number of rotatable bonds is 10. The average Bonchev–Trinajstić information content (AvgIpc) is 2.56. The van der Waals surface area contributed by atoms with E-state index in [0.29, 0.717) is 11.4 Å². The van der Waals surface area contributed by atoms with Crippen LogP contribution < -0.4 is 15.4 Å². The summed E-state index contributed by atoms with van der Waals surface area (Å²) in [6, 6.07) is 3.46. The summed E-state index contributed by atoms with van der Waals surface area (Å²) >= 11 is 0. The van der Waals surface area contributed by atoms with Crippen LogP contribution in [-0.4, -0.2) is 55.7 Å². The molecule has 0 unspecified atom stereocenters. The van der Waals surface area contributed by atoms with Gasteiger partial charge in [-0.15, -0.1) is 0 Å². The Morgan fingerprint density at radius 3 is 2.88 bits per heavy atom. The molecule has 0 atom stereocenters. The number of hydrogen-bond acceptors (Lipinski definition) is 5. The van der Waals surface area contributed by atoms with Crippen LogP contribution in [-0.2, 0) is 11.2 Å². The van der Waals surface area contributed by atoms with Crippen molar-refractivity contribution in [2.75, 3.05) is 45.2 Å². The first-order valence-corrected chi connectivity index (χ1v) is 9.14. The number of fused-ring (bicyclic) bond motifs is 1. The highest BCUT2D eigenvalue weighted by Gasteiger charge is 2.22. The van der Waals surface area contributed by atoms with E-state index in [0.717, 1.165) is 44.1 Å². The highest BCUT2D eigenvalue weighted by molar-refractivity contribution is 5.97. The Labute approximate surface area is 150 Å². The standard InChI is InChI=1S/C19H31N3O3/c1-14(2)5-4-11-22(3)12-10-20-9-8-15-6-7-16(23)18-19(15)25-13-17(24)21-18/h6-7,14,20,23H,4-5,8-13H2,1-3H3,(H,21,24). The molecule has 25 heavy (non-hydrogen) atoms. The Bertz CT molecular complexity index is 575. The van der Waals surface area contributed by atoms with E-state index in [-0.39, 0.29) is 18.3 Å². The molecule has 1 amide bonds. The van der Waals surface area contributed by atoms with Crippen LogP contribution in [0.1, 0.15) is 32.3 Å². The number of nitrogens with one attached hydrogen (secondary N) is 2. The van der Waals surface area contributed by atoms with E-state index in [1.54, 1.807) is 6.07 Å². The maximum atomic E-state index is 11.4. The molecule has 0 fully saturated rings. The van der Waals surface area contributed by atoms with Crippen molar-refractivity contribution in [3.63, 3.8) is 0 Å². The third-order valence-corrected chi connectivity index (χ3v) is 4.39. The normalized spacial score (nSPS) is 13.7. The molecular formula is C19H31N3O3. The van der Waals surface area contributed by atoms with Gasteiger partial charge in [0.15, 0.2) is 12.4 Å². The summed E-state index contributed by atoms with van der Waals surface area (Å²) in [4.78, 5) is 13.8. The average molecular weight is 349 g/mol. The number of aromatic hydroxyl groups is 1. The number of amides is 1. The fourth-order valence-corrected chi connectivity index (χ4v) is 2.91. The molecule has 0 bridgehead atoms. The van der Waals surface area contributed by atoms with Gasteiger partial charge in [0.05, 0.1) is 0 Å². The Hall–Kier alpha value is -1.79.